The van der Waals surface area contributed by atoms with Gasteiger partial charge in [-0.25, -0.2) is 0 Å². The highest BCUT2D eigenvalue weighted by Gasteiger charge is 2.67. The Kier molecular flexibility index (Phi) is 7.60. The summed E-state index contributed by atoms with van der Waals surface area (Å²) in [7, 11) is 6.34. The van der Waals surface area contributed by atoms with Crippen molar-refractivity contribution in [2.75, 3.05) is 34.3 Å². The van der Waals surface area contributed by atoms with E-state index in [9.17, 15) is 10.2 Å². The van der Waals surface area contributed by atoms with Crippen LogP contribution in [0.2, 0.25) is 0 Å². The summed E-state index contributed by atoms with van der Waals surface area (Å²) in [6.45, 7) is 9.10. The number of aliphatic hydroxyl groups is 2. The maximum atomic E-state index is 12.4. The summed E-state index contributed by atoms with van der Waals surface area (Å²) in [6.07, 6.45) is 11.9. The van der Waals surface area contributed by atoms with E-state index in [2.05, 4.69) is 51.9 Å². The number of hydroxylamine groups is 2. The van der Waals surface area contributed by atoms with Gasteiger partial charge >= 0.3 is 0 Å². The topological polar surface area (TPSA) is 56.2 Å². The second-order valence-corrected chi connectivity index (χ2v) is 13.1. The number of hydrogen-bond donors (Lipinski definition) is 2. The Labute approximate surface area is 203 Å². The Morgan fingerprint density at radius 2 is 1.70 bits per heavy atom. The Morgan fingerprint density at radius 3 is 2.42 bits per heavy atom. The molecule has 0 aromatic carbocycles. The van der Waals surface area contributed by atoms with Crippen LogP contribution in [0.15, 0.2) is 0 Å². The molecule has 5 heteroatoms. The lowest BCUT2D eigenvalue weighted by Gasteiger charge is -2.64. The quantitative estimate of drug-likeness (QED) is 0.402. The van der Waals surface area contributed by atoms with E-state index in [-0.39, 0.29) is 11.5 Å². The minimum Gasteiger partial charge on any atom is -0.393 e. The van der Waals surface area contributed by atoms with E-state index in [0.29, 0.717) is 35.1 Å². The van der Waals surface area contributed by atoms with E-state index in [4.69, 9.17) is 4.84 Å². The first-order chi connectivity index (χ1) is 15.5. The maximum Gasteiger partial charge on any atom is 0.0735 e. The molecule has 0 aromatic heterocycles. The third kappa shape index (κ3) is 4.43. The van der Waals surface area contributed by atoms with Crippen molar-refractivity contribution < 1.29 is 15.1 Å². The second-order valence-electron chi connectivity index (χ2n) is 13.1. The average molecular weight is 465 g/mol. The molecule has 33 heavy (non-hydrogen) atoms. The van der Waals surface area contributed by atoms with Crippen molar-refractivity contribution in [1.29, 1.82) is 0 Å². The van der Waals surface area contributed by atoms with E-state index < -0.39 is 5.60 Å². The average Bonchev–Trinajstić information content (AvgIpc) is 3.04. The summed E-state index contributed by atoms with van der Waals surface area (Å²) < 4.78 is 0. The molecule has 0 radical (unpaired) electrons. The molecular formula is C28H52N2O3. The lowest BCUT2D eigenvalue weighted by molar-refractivity contribution is -0.228. The molecule has 0 heterocycles. The fourth-order valence-corrected chi connectivity index (χ4v) is 9.13. The molecule has 4 saturated carbocycles. The van der Waals surface area contributed by atoms with Gasteiger partial charge in [-0.05, 0) is 127 Å². The molecule has 0 amide bonds. The first-order valence-electron chi connectivity index (χ1n) is 13.9. The molecule has 1 unspecified atom stereocenters. The maximum absolute atomic E-state index is 12.4. The third-order valence-corrected chi connectivity index (χ3v) is 11.3. The molecule has 0 bridgehead atoms. The zero-order chi connectivity index (χ0) is 24.0. The number of aliphatic hydroxyl groups excluding tert-OH is 1. The number of nitrogens with zero attached hydrogens (tertiary/aromatic N) is 2. The molecule has 192 valence electrons. The predicted molar refractivity (Wildman–Crippen MR) is 134 cm³/mol. The van der Waals surface area contributed by atoms with Crippen molar-refractivity contribution in [3.8, 4) is 0 Å². The van der Waals surface area contributed by atoms with Crippen molar-refractivity contribution in [2.24, 2.45) is 34.5 Å². The normalized spacial score (nSPS) is 46.2. The van der Waals surface area contributed by atoms with Crippen molar-refractivity contribution in [3.63, 3.8) is 0 Å². The minimum atomic E-state index is -0.550. The Bertz CT molecular complexity index is 674. The largest absolute Gasteiger partial charge is 0.393 e. The van der Waals surface area contributed by atoms with Gasteiger partial charge in [0.25, 0.3) is 0 Å². The lowest BCUT2D eigenvalue weighted by Crippen LogP contribution is -2.63. The molecule has 5 nitrogen and oxygen atoms in total. The summed E-state index contributed by atoms with van der Waals surface area (Å²) in [4.78, 5) is 8.40. The Morgan fingerprint density at radius 1 is 0.939 bits per heavy atom. The van der Waals surface area contributed by atoms with Gasteiger partial charge in [0.1, 0.15) is 0 Å². The highest BCUT2D eigenvalue weighted by Crippen LogP contribution is 2.69. The van der Waals surface area contributed by atoms with Crippen LogP contribution in [-0.4, -0.2) is 72.2 Å². The fourth-order valence-electron chi connectivity index (χ4n) is 9.13. The minimum absolute atomic E-state index is 0.0342. The van der Waals surface area contributed by atoms with Crippen LogP contribution in [-0.2, 0) is 4.84 Å². The third-order valence-electron chi connectivity index (χ3n) is 11.3. The smallest absolute Gasteiger partial charge is 0.0735 e. The van der Waals surface area contributed by atoms with Gasteiger partial charge in [-0.3, -0.25) is 4.84 Å². The summed E-state index contributed by atoms with van der Waals surface area (Å²) in [6, 6.07) is 0.311. The number of rotatable bonds is 8. The van der Waals surface area contributed by atoms with Gasteiger partial charge in [-0.15, -0.1) is 0 Å². The number of unbranched alkanes of at least 4 members (excludes halogenated alkanes) is 1. The van der Waals surface area contributed by atoms with Crippen LogP contribution in [0.3, 0.4) is 0 Å². The van der Waals surface area contributed by atoms with Gasteiger partial charge in [0.15, 0.2) is 0 Å². The first kappa shape index (κ1) is 25.9. The highest BCUT2D eigenvalue weighted by molar-refractivity contribution is 5.17. The molecular weight excluding hydrogens is 412 g/mol. The molecule has 9 atom stereocenters. The molecule has 4 rings (SSSR count). The van der Waals surface area contributed by atoms with Gasteiger partial charge in [0.2, 0.25) is 0 Å². The highest BCUT2D eigenvalue weighted by atomic mass is 16.7. The predicted octanol–water partition coefficient (Wildman–Crippen LogP) is 4.71. The molecule has 0 aliphatic heterocycles. The van der Waals surface area contributed by atoms with Crippen molar-refractivity contribution >= 4 is 0 Å². The van der Waals surface area contributed by atoms with Crippen LogP contribution in [0.25, 0.3) is 0 Å². The summed E-state index contributed by atoms with van der Waals surface area (Å²) in [5.74, 6) is 2.14. The van der Waals surface area contributed by atoms with Gasteiger partial charge in [0, 0.05) is 18.5 Å². The van der Waals surface area contributed by atoms with Crippen LogP contribution >= 0.6 is 0 Å². The molecule has 2 N–H and O–H groups in total. The molecule has 4 aliphatic rings. The van der Waals surface area contributed by atoms with Crippen LogP contribution in [0.5, 0.6) is 0 Å². The van der Waals surface area contributed by atoms with Gasteiger partial charge in [-0.2, -0.15) is 5.06 Å². The zero-order valence-corrected chi connectivity index (χ0v) is 22.4. The van der Waals surface area contributed by atoms with E-state index >= 15 is 0 Å². The molecule has 4 fully saturated rings. The van der Waals surface area contributed by atoms with Gasteiger partial charge < -0.3 is 15.1 Å². The van der Waals surface area contributed by atoms with Crippen molar-refractivity contribution in [3.05, 3.63) is 0 Å². The Hall–Kier alpha value is -0.200. The van der Waals surface area contributed by atoms with Crippen molar-refractivity contribution in [1.82, 2.24) is 9.96 Å². The number of hydrogen-bond acceptors (Lipinski definition) is 5. The zero-order valence-electron chi connectivity index (χ0n) is 22.4. The standard InChI is InChI=1S/C28H52N2O3/c1-20(30(6)33-18-8-7-17-29(4)5)23-13-16-28(32)25-10-9-21-19-22(31)11-14-26(21,2)24(25)12-15-27(23,28)3/h20-25,31-32H,7-19H2,1-6H3/t20?,21-,22+,23-,24+,25-,26+,27-,28+/m1/s1. The SMILES string of the molecule is CC([C@H]1CC[C@]2(O)[C@@H]3CC[C@@H]4C[C@@H](O)CC[C@]4(C)[C@H]3CC[C@]12C)N(C)OCCCCN(C)C. The summed E-state index contributed by atoms with van der Waals surface area (Å²) in [5.41, 5.74) is -0.283. The lowest BCUT2D eigenvalue weighted by atomic mass is 9.43. The fraction of sp³-hybridized carbons (Fsp3) is 1.00. The van der Waals surface area contributed by atoms with E-state index in [0.717, 1.165) is 70.9 Å². The van der Waals surface area contributed by atoms with Gasteiger partial charge in [0.05, 0.1) is 18.3 Å². The monoisotopic (exact) mass is 464 g/mol. The van der Waals surface area contributed by atoms with Crippen molar-refractivity contribution in [2.45, 2.75) is 109 Å². The molecule has 0 spiro atoms. The molecule has 4 aliphatic carbocycles. The second kappa shape index (κ2) is 9.69. The van der Waals surface area contributed by atoms with Crippen LogP contribution < -0.4 is 0 Å². The summed E-state index contributed by atoms with van der Waals surface area (Å²) >= 11 is 0. The van der Waals surface area contributed by atoms with E-state index in [1.54, 1.807) is 0 Å². The van der Waals surface area contributed by atoms with E-state index in [1.807, 2.05) is 0 Å². The van der Waals surface area contributed by atoms with E-state index in [1.165, 1.54) is 12.8 Å². The first-order valence-corrected chi connectivity index (χ1v) is 13.9. The molecule has 0 aromatic rings. The molecule has 0 saturated heterocycles. The van der Waals surface area contributed by atoms with Gasteiger partial charge in [-0.1, -0.05) is 13.8 Å². The number of fused-ring (bicyclic) bond motifs is 5. The summed E-state index contributed by atoms with van der Waals surface area (Å²) in [5, 5.41) is 24.8. The van der Waals surface area contributed by atoms with Crippen LogP contribution in [0.4, 0.5) is 0 Å². The van der Waals surface area contributed by atoms with Crippen LogP contribution in [0.1, 0.15) is 91.4 Å². The Balaban J connectivity index is 1.42. The van der Waals surface area contributed by atoms with Crippen LogP contribution in [0, 0.1) is 34.5 Å².